The van der Waals surface area contributed by atoms with Crippen molar-refractivity contribution in [1.82, 2.24) is 9.62 Å². The maximum atomic E-state index is 12.3. The molecular formula is C21H26N2O4S2. The van der Waals surface area contributed by atoms with Gasteiger partial charge in [0.05, 0.1) is 6.61 Å². The number of likely N-dealkylation sites (tertiary alicyclic amines) is 1. The van der Waals surface area contributed by atoms with Gasteiger partial charge < -0.3 is 9.64 Å². The molecule has 1 saturated carbocycles. The number of hydrogen-bond acceptors (Lipinski definition) is 6. The maximum Gasteiger partial charge on any atom is 0.250 e. The predicted molar refractivity (Wildman–Crippen MR) is 113 cm³/mol. The summed E-state index contributed by atoms with van der Waals surface area (Å²) in [5, 5.41) is 1.77. The molecule has 2 fully saturated rings. The molecule has 2 heterocycles. The fourth-order valence-corrected chi connectivity index (χ4v) is 5.87. The first kappa shape index (κ1) is 20.5. The quantitative estimate of drug-likeness (QED) is 0.459. The molecule has 2 aliphatic rings. The van der Waals surface area contributed by atoms with Crippen molar-refractivity contribution in [1.29, 1.82) is 0 Å². The van der Waals surface area contributed by atoms with Gasteiger partial charge in [-0.25, -0.2) is 13.1 Å². The van der Waals surface area contributed by atoms with Crippen LogP contribution in [0.3, 0.4) is 0 Å². The Kier molecular flexibility index (Phi) is 6.34. The molecule has 1 aliphatic heterocycles. The number of nitrogens with zero attached hydrogens (tertiary/aromatic N) is 1. The van der Waals surface area contributed by atoms with Crippen molar-refractivity contribution < 1.29 is 17.9 Å². The Labute approximate surface area is 175 Å². The molecule has 156 valence electrons. The van der Waals surface area contributed by atoms with Gasteiger partial charge in [0, 0.05) is 30.6 Å². The lowest BCUT2D eigenvalue weighted by atomic mass is 10.1. The Morgan fingerprint density at radius 1 is 1.17 bits per heavy atom. The van der Waals surface area contributed by atoms with Gasteiger partial charge in [-0.15, -0.1) is 11.3 Å². The van der Waals surface area contributed by atoms with Crippen LogP contribution in [0.15, 0.2) is 46.0 Å². The number of ketones is 1. The van der Waals surface area contributed by atoms with Crippen LogP contribution < -0.4 is 9.46 Å². The molecule has 1 N–H and O–H groups in total. The summed E-state index contributed by atoms with van der Waals surface area (Å²) in [5.41, 5.74) is 0.771. The predicted octanol–water partition coefficient (Wildman–Crippen LogP) is 3.16. The second-order valence-electron chi connectivity index (χ2n) is 7.70. The Morgan fingerprint density at radius 3 is 2.66 bits per heavy atom. The minimum absolute atomic E-state index is 0.0421. The zero-order valence-corrected chi connectivity index (χ0v) is 17.9. The fraction of sp³-hybridized carbons (Fsp3) is 0.476. The average Bonchev–Trinajstić information content (AvgIpc) is 3.21. The molecule has 4 rings (SSSR count). The van der Waals surface area contributed by atoms with Crippen LogP contribution in [0.1, 0.15) is 36.0 Å². The van der Waals surface area contributed by atoms with E-state index in [0.29, 0.717) is 10.8 Å². The minimum atomic E-state index is -3.40. The number of rotatable bonds is 10. The summed E-state index contributed by atoms with van der Waals surface area (Å²) in [6.07, 6.45) is 3.73. The standard InChI is InChI=1S/C21H26N2O4S2/c24-21(16-4-5-16)17-6-8-19(9-7-17)27-13-2-11-23-12-10-18(15-23)22-29(25,26)20-3-1-14-28-20/h1,3,6-9,14,16,18,22H,2,4-5,10-13,15H2/t18-/m1/s1. The van der Waals surface area contributed by atoms with E-state index in [4.69, 9.17) is 4.74 Å². The third-order valence-corrected chi connectivity index (χ3v) is 8.25. The van der Waals surface area contributed by atoms with E-state index in [1.165, 1.54) is 11.3 Å². The highest BCUT2D eigenvalue weighted by Gasteiger charge is 2.30. The minimum Gasteiger partial charge on any atom is -0.494 e. The molecule has 29 heavy (non-hydrogen) atoms. The Bertz CT molecular complexity index is 922. The molecule has 1 aliphatic carbocycles. The number of nitrogens with one attached hydrogen (secondary N) is 1. The number of Topliss-reactive ketones (excluding diaryl/α,β-unsaturated/α-hetero) is 1. The van der Waals surface area contributed by atoms with E-state index in [2.05, 4.69) is 9.62 Å². The largest absolute Gasteiger partial charge is 0.494 e. The normalized spacial score (nSPS) is 20.1. The summed E-state index contributed by atoms with van der Waals surface area (Å²) in [7, 11) is -3.40. The van der Waals surface area contributed by atoms with Gasteiger partial charge in [0.25, 0.3) is 0 Å². The van der Waals surface area contributed by atoms with Gasteiger partial charge in [0.1, 0.15) is 9.96 Å². The first-order valence-electron chi connectivity index (χ1n) is 10.1. The second kappa shape index (κ2) is 8.95. The van der Waals surface area contributed by atoms with E-state index in [1.54, 1.807) is 17.5 Å². The van der Waals surface area contributed by atoms with E-state index >= 15 is 0 Å². The van der Waals surface area contributed by atoms with Gasteiger partial charge in [-0.3, -0.25) is 4.79 Å². The van der Waals surface area contributed by atoms with E-state index in [0.717, 1.165) is 56.6 Å². The monoisotopic (exact) mass is 434 g/mol. The highest BCUT2D eigenvalue weighted by atomic mass is 32.2. The van der Waals surface area contributed by atoms with E-state index in [-0.39, 0.29) is 17.7 Å². The van der Waals surface area contributed by atoms with Crippen LogP contribution >= 0.6 is 11.3 Å². The maximum absolute atomic E-state index is 12.3. The molecule has 0 amide bonds. The number of thiophene rings is 1. The highest BCUT2D eigenvalue weighted by Crippen LogP contribution is 2.32. The zero-order valence-electron chi connectivity index (χ0n) is 16.2. The summed E-state index contributed by atoms with van der Waals surface area (Å²) in [4.78, 5) is 14.3. The molecular weight excluding hydrogens is 408 g/mol. The molecule has 2 aromatic rings. The Balaban J connectivity index is 1.16. The van der Waals surface area contributed by atoms with Crippen molar-refractivity contribution in [2.75, 3.05) is 26.2 Å². The highest BCUT2D eigenvalue weighted by molar-refractivity contribution is 7.91. The molecule has 6 nitrogen and oxygen atoms in total. The Hall–Kier alpha value is -1.74. The molecule has 0 radical (unpaired) electrons. The fourth-order valence-electron chi connectivity index (χ4n) is 3.60. The number of carbonyl (C=O) groups excluding carboxylic acids is 1. The summed E-state index contributed by atoms with van der Waals surface area (Å²) in [6, 6.07) is 10.8. The van der Waals surface area contributed by atoms with Crippen LogP contribution in [0.25, 0.3) is 0 Å². The third kappa shape index (κ3) is 5.45. The molecule has 1 aromatic heterocycles. The summed E-state index contributed by atoms with van der Waals surface area (Å²) < 4.78 is 33.6. The van der Waals surface area contributed by atoms with Crippen molar-refractivity contribution in [2.24, 2.45) is 5.92 Å². The lowest BCUT2D eigenvalue weighted by Gasteiger charge is -2.16. The first-order valence-corrected chi connectivity index (χ1v) is 12.4. The lowest BCUT2D eigenvalue weighted by Crippen LogP contribution is -2.37. The van der Waals surface area contributed by atoms with Crippen molar-refractivity contribution in [3.63, 3.8) is 0 Å². The van der Waals surface area contributed by atoms with Crippen LogP contribution in [0, 0.1) is 5.92 Å². The van der Waals surface area contributed by atoms with Gasteiger partial charge in [0.2, 0.25) is 10.0 Å². The molecule has 1 aromatic carbocycles. The summed E-state index contributed by atoms with van der Waals surface area (Å²) in [5.74, 6) is 1.26. The summed E-state index contributed by atoms with van der Waals surface area (Å²) in [6.45, 7) is 3.08. The summed E-state index contributed by atoms with van der Waals surface area (Å²) >= 11 is 1.24. The van der Waals surface area contributed by atoms with Crippen molar-refractivity contribution >= 4 is 27.1 Å². The molecule has 8 heteroatoms. The van der Waals surface area contributed by atoms with E-state index in [1.807, 2.05) is 24.3 Å². The smallest absolute Gasteiger partial charge is 0.250 e. The van der Waals surface area contributed by atoms with Crippen molar-refractivity contribution in [2.45, 2.75) is 35.9 Å². The van der Waals surface area contributed by atoms with Crippen molar-refractivity contribution in [3.8, 4) is 5.75 Å². The van der Waals surface area contributed by atoms with Crippen LogP contribution in [0.2, 0.25) is 0 Å². The van der Waals surface area contributed by atoms with Gasteiger partial charge in [0.15, 0.2) is 5.78 Å². The van der Waals surface area contributed by atoms with Crippen LogP contribution in [0.5, 0.6) is 5.75 Å². The van der Waals surface area contributed by atoms with Crippen LogP contribution in [0.4, 0.5) is 0 Å². The topological polar surface area (TPSA) is 75.7 Å². The SMILES string of the molecule is O=C(c1ccc(OCCCN2CC[C@@H](NS(=O)(=O)c3cccs3)C2)cc1)C1CC1. The first-order chi connectivity index (χ1) is 14.0. The molecule has 1 atom stereocenters. The van der Waals surface area contributed by atoms with Gasteiger partial charge in [-0.05, 0) is 67.9 Å². The van der Waals surface area contributed by atoms with Crippen LogP contribution in [-0.2, 0) is 10.0 Å². The number of sulfonamides is 1. The second-order valence-corrected chi connectivity index (χ2v) is 10.6. The molecule has 0 spiro atoms. The average molecular weight is 435 g/mol. The third-order valence-electron chi connectivity index (χ3n) is 5.33. The van der Waals surface area contributed by atoms with Crippen molar-refractivity contribution in [3.05, 3.63) is 47.3 Å². The number of carbonyl (C=O) groups is 1. The molecule has 1 saturated heterocycles. The molecule has 0 bridgehead atoms. The lowest BCUT2D eigenvalue weighted by molar-refractivity contribution is 0.0967. The number of ether oxygens (including phenoxy) is 1. The van der Waals surface area contributed by atoms with Crippen LogP contribution in [-0.4, -0.2) is 51.4 Å². The van der Waals surface area contributed by atoms with E-state index in [9.17, 15) is 13.2 Å². The number of hydrogen-bond donors (Lipinski definition) is 1. The van der Waals surface area contributed by atoms with Gasteiger partial charge in [-0.1, -0.05) is 6.07 Å². The number of benzene rings is 1. The Morgan fingerprint density at radius 2 is 1.97 bits per heavy atom. The van der Waals surface area contributed by atoms with Gasteiger partial charge in [-0.2, -0.15) is 0 Å². The zero-order chi connectivity index (χ0) is 20.3. The van der Waals surface area contributed by atoms with E-state index < -0.39 is 10.0 Å². The van der Waals surface area contributed by atoms with Gasteiger partial charge >= 0.3 is 0 Å². The molecule has 0 unspecified atom stereocenters.